The minimum absolute atomic E-state index is 0.00380. The van der Waals surface area contributed by atoms with Crippen LogP contribution in [0.1, 0.15) is 26.2 Å². The number of hydrogen-bond acceptors (Lipinski definition) is 3. The van der Waals surface area contributed by atoms with Crippen molar-refractivity contribution in [3.8, 4) is 0 Å². The van der Waals surface area contributed by atoms with Gasteiger partial charge < -0.3 is 15.7 Å². The van der Waals surface area contributed by atoms with Gasteiger partial charge in [0.2, 0.25) is 5.91 Å². The molecule has 13 heavy (non-hydrogen) atoms. The largest absolute Gasteiger partial charge is 0.394 e. The predicted molar refractivity (Wildman–Crippen MR) is 50.3 cm³/mol. The maximum absolute atomic E-state index is 11.3. The highest BCUT2D eigenvalue weighted by molar-refractivity contribution is 5.76. The second-order valence-electron chi connectivity index (χ2n) is 3.65. The van der Waals surface area contributed by atoms with Crippen LogP contribution in [-0.2, 0) is 4.79 Å². The van der Waals surface area contributed by atoms with Gasteiger partial charge in [-0.2, -0.15) is 0 Å². The first-order valence-corrected chi connectivity index (χ1v) is 4.86. The molecule has 1 fully saturated rings. The summed E-state index contributed by atoms with van der Waals surface area (Å²) in [5, 5.41) is 14.7. The molecule has 0 bridgehead atoms. The smallest absolute Gasteiger partial charge is 0.221 e. The van der Waals surface area contributed by atoms with E-state index in [0.29, 0.717) is 12.5 Å². The number of aliphatic hydroxyl groups excluding tert-OH is 1. The van der Waals surface area contributed by atoms with E-state index in [2.05, 4.69) is 10.6 Å². The molecule has 0 radical (unpaired) electrons. The molecule has 1 saturated heterocycles. The van der Waals surface area contributed by atoms with Gasteiger partial charge in [-0.15, -0.1) is 0 Å². The fourth-order valence-electron chi connectivity index (χ4n) is 1.53. The lowest BCUT2D eigenvalue weighted by Crippen LogP contribution is -2.38. The highest BCUT2D eigenvalue weighted by Gasteiger charge is 2.18. The van der Waals surface area contributed by atoms with Crippen molar-refractivity contribution in [3.63, 3.8) is 0 Å². The number of aliphatic hydroxyl groups is 1. The van der Waals surface area contributed by atoms with E-state index in [0.717, 1.165) is 19.4 Å². The standard InChI is InChI=1S/C9H18N2O2/c1-7(6-12)11-9(13)5-8-3-2-4-10-8/h7-8,10,12H,2-6H2,1H3,(H,11,13)/t7-,8?/m1/s1. The van der Waals surface area contributed by atoms with Crippen LogP contribution in [0.15, 0.2) is 0 Å². The molecule has 1 aliphatic rings. The summed E-state index contributed by atoms with van der Waals surface area (Å²) in [6.45, 7) is 2.82. The molecule has 1 unspecified atom stereocenters. The predicted octanol–water partition coefficient (Wildman–Crippen LogP) is -0.374. The van der Waals surface area contributed by atoms with Crippen LogP contribution in [0.3, 0.4) is 0 Å². The monoisotopic (exact) mass is 186 g/mol. The number of nitrogens with one attached hydrogen (secondary N) is 2. The lowest BCUT2D eigenvalue weighted by Gasteiger charge is -2.13. The summed E-state index contributed by atoms with van der Waals surface area (Å²) in [6, 6.07) is 0.208. The van der Waals surface area contributed by atoms with Crippen molar-refractivity contribution < 1.29 is 9.90 Å². The van der Waals surface area contributed by atoms with Gasteiger partial charge in [0.1, 0.15) is 0 Å². The number of amides is 1. The molecule has 4 nitrogen and oxygen atoms in total. The van der Waals surface area contributed by atoms with Crippen molar-refractivity contribution in [2.75, 3.05) is 13.2 Å². The van der Waals surface area contributed by atoms with E-state index in [9.17, 15) is 4.79 Å². The topological polar surface area (TPSA) is 61.4 Å². The van der Waals surface area contributed by atoms with Gasteiger partial charge in [-0.1, -0.05) is 0 Å². The van der Waals surface area contributed by atoms with E-state index in [-0.39, 0.29) is 18.6 Å². The van der Waals surface area contributed by atoms with Crippen molar-refractivity contribution >= 4 is 5.91 Å². The molecule has 2 atom stereocenters. The highest BCUT2D eigenvalue weighted by atomic mass is 16.3. The van der Waals surface area contributed by atoms with Crippen molar-refractivity contribution in [1.82, 2.24) is 10.6 Å². The van der Waals surface area contributed by atoms with E-state index in [1.165, 1.54) is 0 Å². The molecule has 4 heteroatoms. The zero-order valence-corrected chi connectivity index (χ0v) is 8.05. The van der Waals surface area contributed by atoms with Gasteiger partial charge in [0.05, 0.1) is 6.61 Å². The summed E-state index contributed by atoms with van der Waals surface area (Å²) in [7, 11) is 0. The lowest BCUT2D eigenvalue weighted by atomic mass is 10.1. The summed E-state index contributed by atoms with van der Waals surface area (Å²) in [4.78, 5) is 11.3. The first-order valence-electron chi connectivity index (χ1n) is 4.86. The maximum Gasteiger partial charge on any atom is 0.221 e. The highest BCUT2D eigenvalue weighted by Crippen LogP contribution is 2.08. The Morgan fingerprint density at radius 2 is 2.54 bits per heavy atom. The van der Waals surface area contributed by atoms with Crippen molar-refractivity contribution in [3.05, 3.63) is 0 Å². The maximum atomic E-state index is 11.3. The average Bonchev–Trinajstić information content (AvgIpc) is 2.56. The summed E-state index contributed by atoms with van der Waals surface area (Å²) in [5.41, 5.74) is 0. The van der Waals surface area contributed by atoms with E-state index in [4.69, 9.17) is 5.11 Å². The summed E-state index contributed by atoms with van der Waals surface area (Å²) < 4.78 is 0. The Balaban J connectivity index is 2.16. The van der Waals surface area contributed by atoms with Gasteiger partial charge in [-0.25, -0.2) is 0 Å². The Morgan fingerprint density at radius 1 is 1.77 bits per heavy atom. The minimum Gasteiger partial charge on any atom is -0.394 e. The van der Waals surface area contributed by atoms with Crippen molar-refractivity contribution in [2.24, 2.45) is 0 Å². The first-order chi connectivity index (χ1) is 6.22. The summed E-state index contributed by atoms with van der Waals surface area (Å²) >= 11 is 0. The van der Waals surface area contributed by atoms with Crippen molar-refractivity contribution in [1.29, 1.82) is 0 Å². The fraction of sp³-hybridized carbons (Fsp3) is 0.889. The quantitative estimate of drug-likeness (QED) is 0.561. The van der Waals surface area contributed by atoms with E-state index < -0.39 is 0 Å². The van der Waals surface area contributed by atoms with E-state index >= 15 is 0 Å². The summed E-state index contributed by atoms with van der Waals surface area (Å²) in [5.74, 6) is 0.0287. The molecular weight excluding hydrogens is 168 g/mol. The molecule has 1 amide bonds. The van der Waals surface area contributed by atoms with Crippen LogP contribution >= 0.6 is 0 Å². The fourth-order valence-corrected chi connectivity index (χ4v) is 1.53. The van der Waals surface area contributed by atoms with E-state index in [1.54, 1.807) is 6.92 Å². The second-order valence-corrected chi connectivity index (χ2v) is 3.65. The Bertz CT molecular complexity index is 167. The zero-order chi connectivity index (χ0) is 9.68. The molecule has 0 aromatic rings. The molecule has 76 valence electrons. The molecule has 3 N–H and O–H groups in total. The Hall–Kier alpha value is -0.610. The number of hydrogen-bond donors (Lipinski definition) is 3. The molecule has 0 aromatic carbocycles. The van der Waals surface area contributed by atoms with Gasteiger partial charge in [0.25, 0.3) is 0 Å². The molecule has 0 aromatic heterocycles. The first kappa shape index (κ1) is 10.5. The zero-order valence-electron chi connectivity index (χ0n) is 8.05. The van der Waals surface area contributed by atoms with Crippen LogP contribution in [-0.4, -0.2) is 36.2 Å². The SMILES string of the molecule is C[C@H](CO)NC(=O)CC1CCCN1. The number of carbonyl (C=O) groups excluding carboxylic acids is 1. The van der Waals surface area contributed by atoms with Gasteiger partial charge in [-0.3, -0.25) is 4.79 Å². The third kappa shape index (κ3) is 3.74. The third-order valence-electron chi connectivity index (χ3n) is 2.28. The van der Waals surface area contributed by atoms with Crippen LogP contribution in [0.5, 0.6) is 0 Å². The molecule has 0 aliphatic carbocycles. The third-order valence-corrected chi connectivity index (χ3v) is 2.28. The Labute approximate surface area is 78.7 Å². The molecular formula is C9H18N2O2. The van der Waals surface area contributed by atoms with Crippen molar-refractivity contribution in [2.45, 2.75) is 38.3 Å². The molecule has 1 aliphatic heterocycles. The number of carbonyl (C=O) groups is 1. The number of rotatable bonds is 4. The molecule has 0 spiro atoms. The van der Waals surface area contributed by atoms with E-state index in [1.807, 2.05) is 0 Å². The summed E-state index contributed by atoms with van der Waals surface area (Å²) in [6.07, 6.45) is 2.78. The lowest BCUT2D eigenvalue weighted by molar-refractivity contribution is -0.122. The van der Waals surface area contributed by atoms with Crippen LogP contribution in [0, 0.1) is 0 Å². The molecule has 0 saturated carbocycles. The van der Waals surface area contributed by atoms with Gasteiger partial charge in [0, 0.05) is 18.5 Å². The van der Waals surface area contributed by atoms with Gasteiger partial charge in [0.15, 0.2) is 0 Å². The van der Waals surface area contributed by atoms with Crippen LogP contribution in [0.2, 0.25) is 0 Å². The normalized spacial score (nSPS) is 24.3. The van der Waals surface area contributed by atoms with Gasteiger partial charge >= 0.3 is 0 Å². The van der Waals surface area contributed by atoms with Crippen LogP contribution in [0.4, 0.5) is 0 Å². The Kier molecular flexibility index (Phi) is 4.18. The Morgan fingerprint density at radius 3 is 3.08 bits per heavy atom. The second kappa shape index (κ2) is 5.19. The molecule has 1 rings (SSSR count). The van der Waals surface area contributed by atoms with Gasteiger partial charge in [-0.05, 0) is 26.3 Å². The minimum atomic E-state index is -0.131. The van der Waals surface area contributed by atoms with Crippen LogP contribution < -0.4 is 10.6 Å². The van der Waals surface area contributed by atoms with Crippen LogP contribution in [0.25, 0.3) is 0 Å². The average molecular weight is 186 g/mol. The molecule has 1 heterocycles.